The molecule has 128 valence electrons. The number of hydrogen-bond acceptors (Lipinski definition) is 4. The molecule has 5 nitrogen and oxygen atoms in total. The number of carbonyl (C=O) groups excluding carboxylic acids is 1. The van der Waals surface area contributed by atoms with E-state index in [0.29, 0.717) is 12.3 Å². The molecule has 0 spiro atoms. The molecule has 0 aliphatic rings. The van der Waals surface area contributed by atoms with Gasteiger partial charge in [-0.05, 0) is 29.8 Å². The van der Waals surface area contributed by atoms with Crippen LogP contribution in [0.1, 0.15) is 5.56 Å². The van der Waals surface area contributed by atoms with E-state index in [1.807, 2.05) is 59.3 Å². The zero-order valence-electron chi connectivity index (χ0n) is 13.9. The van der Waals surface area contributed by atoms with E-state index in [2.05, 4.69) is 10.3 Å². The van der Waals surface area contributed by atoms with Gasteiger partial charge in [0.1, 0.15) is 5.75 Å². The number of nitrogens with zero attached hydrogens (tertiary/aromatic N) is 2. The smallest absolute Gasteiger partial charge is 0.230 e. The number of aromatic nitrogens is 2. The molecule has 1 N–H and O–H groups in total. The van der Waals surface area contributed by atoms with Gasteiger partial charge in [-0.25, -0.2) is 4.98 Å². The fourth-order valence-electron chi connectivity index (χ4n) is 2.40. The first kappa shape index (κ1) is 17.1. The van der Waals surface area contributed by atoms with Gasteiger partial charge in [-0.3, -0.25) is 4.79 Å². The fourth-order valence-corrected chi connectivity index (χ4v) is 3.17. The SMILES string of the molecule is COc1cccc(SCC(=O)NCc2ccccc2-n2ccnc2)c1. The van der Waals surface area contributed by atoms with E-state index in [0.717, 1.165) is 21.9 Å². The molecule has 0 saturated carbocycles. The topological polar surface area (TPSA) is 56.1 Å². The number of thioether (sulfide) groups is 1. The summed E-state index contributed by atoms with van der Waals surface area (Å²) in [5.74, 6) is 1.15. The maximum atomic E-state index is 12.2. The third-order valence-corrected chi connectivity index (χ3v) is 4.66. The van der Waals surface area contributed by atoms with Crippen molar-refractivity contribution in [3.8, 4) is 11.4 Å². The lowest BCUT2D eigenvalue weighted by Gasteiger charge is -2.11. The van der Waals surface area contributed by atoms with Crippen LogP contribution in [-0.2, 0) is 11.3 Å². The van der Waals surface area contributed by atoms with Gasteiger partial charge in [0.15, 0.2) is 0 Å². The first-order valence-electron chi connectivity index (χ1n) is 7.86. The maximum Gasteiger partial charge on any atom is 0.230 e. The van der Waals surface area contributed by atoms with Gasteiger partial charge in [-0.1, -0.05) is 24.3 Å². The lowest BCUT2D eigenvalue weighted by Crippen LogP contribution is -2.25. The van der Waals surface area contributed by atoms with E-state index in [1.165, 1.54) is 11.8 Å². The number of imidazole rings is 1. The van der Waals surface area contributed by atoms with Gasteiger partial charge in [0.25, 0.3) is 0 Å². The molecule has 1 heterocycles. The number of para-hydroxylation sites is 1. The Kier molecular flexibility index (Phi) is 5.74. The van der Waals surface area contributed by atoms with E-state index in [4.69, 9.17) is 4.74 Å². The first-order valence-corrected chi connectivity index (χ1v) is 8.84. The average molecular weight is 353 g/mol. The van der Waals surface area contributed by atoms with Crippen LogP contribution >= 0.6 is 11.8 Å². The molecular formula is C19H19N3O2S. The fraction of sp³-hybridized carbons (Fsp3) is 0.158. The molecule has 0 bridgehead atoms. The summed E-state index contributed by atoms with van der Waals surface area (Å²) in [5.41, 5.74) is 2.06. The second kappa shape index (κ2) is 8.39. The Bertz CT molecular complexity index is 834. The highest BCUT2D eigenvalue weighted by Gasteiger charge is 2.07. The largest absolute Gasteiger partial charge is 0.497 e. The summed E-state index contributed by atoms with van der Waals surface area (Å²) < 4.78 is 7.13. The molecule has 2 aromatic carbocycles. The van der Waals surface area contributed by atoms with Crippen LogP contribution in [0.2, 0.25) is 0 Å². The summed E-state index contributed by atoms with van der Waals surface area (Å²) in [6.07, 6.45) is 5.37. The Labute approximate surface area is 151 Å². The van der Waals surface area contributed by atoms with Crippen LogP contribution in [0.25, 0.3) is 5.69 Å². The van der Waals surface area contributed by atoms with Crippen molar-refractivity contribution in [2.24, 2.45) is 0 Å². The van der Waals surface area contributed by atoms with Gasteiger partial charge in [-0.15, -0.1) is 11.8 Å². The average Bonchev–Trinajstić information content (AvgIpc) is 3.19. The zero-order chi connectivity index (χ0) is 17.5. The highest BCUT2D eigenvalue weighted by Crippen LogP contribution is 2.22. The van der Waals surface area contributed by atoms with E-state index in [9.17, 15) is 4.79 Å². The summed E-state index contributed by atoms with van der Waals surface area (Å²) in [4.78, 5) is 17.2. The summed E-state index contributed by atoms with van der Waals surface area (Å²) in [6, 6.07) is 15.6. The molecule has 0 saturated heterocycles. The Morgan fingerprint density at radius 2 is 2.12 bits per heavy atom. The van der Waals surface area contributed by atoms with Crippen LogP contribution in [0, 0.1) is 0 Å². The van der Waals surface area contributed by atoms with E-state index >= 15 is 0 Å². The van der Waals surface area contributed by atoms with Crippen LogP contribution in [0.5, 0.6) is 5.75 Å². The summed E-state index contributed by atoms with van der Waals surface area (Å²) in [6.45, 7) is 0.478. The lowest BCUT2D eigenvalue weighted by molar-refractivity contribution is -0.118. The molecule has 0 aliphatic heterocycles. The number of benzene rings is 2. The van der Waals surface area contributed by atoms with Crippen LogP contribution < -0.4 is 10.1 Å². The molecule has 0 aliphatic carbocycles. The molecule has 1 amide bonds. The van der Waals surface area contributed by atoms with Crippen LogP contribution in [0.4, 0.5) is 0 Å². The normalized spacial score (nSPS) is 10.4. The number of methoxy groups -OCH3 is 1. The summed E-state index contributed by atoms with van der Waals surface area (Å²) in [7, 11) is 1.63. The third kappa shape index (κ3) is 4.64. The Morgan fingerprint density at radius 1 is 1.24 bits per heavy atom. The van der Waals surface area contributed by atoms with Crippen LogP contribution in [-0.4, -0.2) is 28.3 Å². The first-order chi connectivity index (χ1) is 12.3. The van der Waals surface area contributed by atoms with Crippen molar-refractivity contribution < 1.29 is 9.53 Å². The number of hydrogen-bond donors (Lipinski definition) is 1. The van der Waals surface area contributed by atoms with Gasteiger partial charge in [0, 0.05) is 23.8 Å². The van der Waals surface area contributed by atoms with Crippen LogP contribution in [0.3, 0.4) is 0 Å². The van der Waals surface area contributed by atoms with Crippen molar-refractivity contribution in [3.05, 3.63) is 72.8 Å². The quantitative estimate of drug-likeness (QED) is 0.662. The molecule has 6 heteroatoms. The molecule has 3 rings (SSSR count). The predicted molar refractivity (Wildman–Crippen MR) is 99.1 cm³/mol. The minimum atomic E-state index is -0.00625. The van der Waals surface area contributed by atoms with Gasteiger partial charge < -0.3 is 14.6 Å². The molecule has 0 fully saturated rings. The molecule has 3 aromatic rings. The van der Waals surface area contributed by atoms with Gasteiger partial charge in [-0.2, -0.15) is 0 Å². The van der Waals surface area contributed by atoms with Crippen LogP contribution in [0.15, 0.2) is 72.1 Å². The minimum absolute atomic E-state index is 0.00625. The Morgan fingerprint density at radius 3 is 2.92 bits per heavy atom. The Hall–Kier alpha value is -2.73. The lowest BCUT2D eigenvalue weighted by atomic mass is 10.1. The predicted octanol–water partition coefficient (Wildman–Crippen LogP) is 3.29. The molecule has 0 atom stereocenters. The highest BCUT2D eigenvalue weighted by atomic mass is 32.2. The maximum absolute atomic E-state index is 12.2. The number of amides is 1. The number of nitrogens with one attached hydrogen (secondary N) is 1. The highest BCUT2D eigenvalue weighted by molar-refractivity contribution is 8.00. The Balaban J connectivity index is 1.56. The van der Waals surface area contributed by atoms with Gasteiger partial charge >= 0.3 is 0 Å². The molecular weight excluding hydrogens is 334 g/mol. The second-order valence-electron chi connectivity index (χ2n) is 5.34. The van der Waals surface area contributed by atoms with E-state index < -0.39 is 0 Å². The van der Waals surface area contributed by atoms with Crippen molar-refractivity contribution in [1.82, 2.24) is 14.9 Å². The number of ether oxygens (including phenoxy) is 1. The second-order valence-corrected chi connectivity index (χ2v) is 6.39. The number of rotatable bonds is 7. The minimum Gasteiger partial charge on any atom is -0.497 e. The van der Waals surface area contributed by atoms with Crippen molar-refractivity contribution in [3.63, 3.8) is 0 Å². The van der Waals surface area contributed by atoms with E-state index in [-0.39, 0.29) is 5.91 Å². The zero-order valence-corrected chi connectivity index (χ0v) is 14.7. The molecule has 0 radical (unpaired) electrons. The molecule has 25 heavy (non-hydrogen) atoms. The van der Waals surface area contributed by atoms with Crippen molar-refractivity contribution in [2.75, 3.05) is 12.9 Å². The van der Waals surface area contributed by atoms with Gasteiger partial charge in [0.05, 0.1) is 24.9 Å². The number of carbonyl (C=O) groups is 1. The van der Waals surface area contributed by atoms with Crippen molar-refractivity contribution >= 4 is 17.7 Å². The summed E-state index contributed by atoms with van der Waals surface area (Å²) >= 11 is 1.49. The van der Waals surface area contributed by atoms with Crippen molar-refractivity contribution in [1.29, 1.82) is 0 Å². The monoisotopic (exact) mass is 353 g/mol. The third-order valence-electron chi connectivity index (χ3n) is 3.66. The van der Waals surface area contributed by atoms with Gasteiger partial charge in [0.2, 0.25) is 5.91 Å². The van der Waals surface area contributed by atoms with Crippen molar-refractivity contribution in [2.45, 2.75) is 11.4 Å². The standard InChI is InChI=1S/C19H19N3O2S/c1-24-16-6-4-7-17(11-16)25-13-19(23)21-12-15-5-2-3-8-18(15)22-10-9-20-14-22/h2-11,14H,12-13H2,1H3,(H,21,23). The molecule has 1 aromatic heterocycles. The molecule has 0 unspecified atom stereocenters. The van der Waals surface area contributed by atoms with E-state index in [1.54, 1.807) is 19.6 Å². The summed E-state index contributed by atoms with van der Waals surface area (Å²) in [5, 5.41) is 2.98.